The first-order valence-corrected chi connectivity index (χ1v) is 8.74. The molecule has 0 unspecified atom stereocenters. The van der Waals surface area contributed by atoms with Gasteiger partial charge >= 0.3 is 11.9 Å². The molecule has 150 valence electrons. The predicted molar refractivity (Wildman–Crippen MR) is 101 cm³/mol. The first kappa shape index (κ1) is 21.2. The summed E-state index contributed by atoms with van der Waals surface area (Å²) in [7, 11) is 0. The standard InChI is InChI=1S/C21H23FO6/c1-7-13-10(4)14(20(25)26)8(2)9(3)19(13)28-21(27)15-11(5)16(22)18(24)12(6)17(15)23/h23-24H,7H2,1-6H3,(H,25,26). The number of esters is 1. The minimum Gasteiger partial charge on any atom is -0.507 e. The minimum atomic E-state index is -1.07. The Morgan fingerprint density at radius 2 is 1.43 bits per heavy atom. The summed E-state index contributed by atoms with van der Waals surface area (Å²) < 4.78 is 19.7. The van der Waals surface area contributed by atoms with Crippen LogP contribution in [-0.4, -0.2) is 27.3 Å². The normalized spacial score (nSPS) is 10.8. The number of aromatic hydroxyl groups is 2. The molecule has 0 heterocycles. The highest BCUT2D eigenvalue weighted by Crippen LogP contribution is 2.38. The monoisotopic (exact) mass is 390 g/mol. The van der Waals surface area contributed by atoms with Crippen molar-refractivity contribution < 1.29 is 34.0 Å². The summed E-state index contributed by atoms with van der Waals surface area (Å²) in [4.78, 5) is 24.4. The largest absolute Gasteiger partial charge is 0.507 e. The lowest BCUT2D eigenvalue weighted by molar-refractivity contribution is 0.0694. The molecule has 2 rings (SSSR count). The third-order valence-corrected chi connectivity index (χ3v) is 5.21. The van der Waals surface area contributed by atoms with Gasteiger partial charge in [-0.3, -0.25) is 0 Å². The highest BCUT2D eigenvalue weighted by Gasteiger charge is 2.28. The molecule has 2 aromatic carbocycles. The van der Waals surface area contributed by atoms with Gasteiger partial charge in [0.25, 0.3) is 0 Å². The highest BCUT2D eigenvalue weighted by atomic mass is 19.1. The van der Waals surface area contributed by atoms with Gasteiger partial charge in [0.15, 0.2) is 11.6 Å². The number of carbonyl (C=O) groups is 2. The quantitative estimate of drug-likeness (QED) is 0.532. The summed E-state index contributed by atoms with van der Waals surface area (Å²) in [5.41, 5.74) is 1.32. The van der Waals surface area contributed by atoms with Gasteiger partial charge in [0.2, 0.25) is 0 Å². The van der Waals surface area contributed by atoms with Gasteiger partial charge < -0.3 is 20.1 Å². The summed E-state index contributed by atoms with van der Waals surface area (Å²) in [6.45, 7) is 9.23. The van der Waals surface area contributed by atoms with Crippen LogP contribution in [0.1, 0.15) is 61.0 Å². The summed E-state index contributed by atoms with van der Waals surface area (Å²) in [6, 6.07) is 0. The SMILES string of the molecule is CCc1c(C)c(C(=O)O)c(C)c(C)c1OC(=O)c1c(C)c(F)c(O)c(C)c1O. The molecule has 0 fully saturated rings. The van der Waals surface area contributed by atoms with Gasteiger partial charge in [-0.15, -0.1) is 0 Å². The Labute approximate surface area is 162 Å². The zero-order valence-corrected chi connectivity index (χ0v) is 16.7. The molecule has 0 atom stereocenters. The third kappa shape index (κ3) is 3.17. The number of carbonyl (C=O) groups excluding carboxylic acids is 1. The summed E-state index contributed by atoms with van der Waals surface area (Å²) in [5, 5.41) is 29.4. The number of carboxylic acid groups (broad SMARTS) is 1. The number of hydrogen-bond donors (Lipinski definition) is 3. The number of rotatable bonds is 4. The van der Waals surface area contributed by atoms with E-state index >= 15 is 0 Å². The smallest absolute Gasteiger partial charge is 0.347 e. The Morgan fingerprint density at radius 3 is 1.93 bits per heavy atom. The van der Waals surface area contributed by atoms with Crippen LogP contribution in [-0.2, 0) is 6.42 Å². The molecule has 0 bridgehead atoms. The number of halogens is 1. The second kappa shape index (κ2) is 7.50. The molecule has 6 nitrogen and oxygen atoms in total. The van der Waals surface area contributed by atoms with Crippen LogP contribution >= 0.6 is 0 Å². The van der Waals surface area contributed by atoms with E-state index in [9.17, 15) is 29.3 Å². The minimum absolute atomic E-state index is 0.152. The molecule has 0 amide bonds. The second-order valence-electron chi connectivity index (χ2n) is 6.74. The molecular weight excluding hydrogens is 367 g/mol. The maximum atomic E-state index is 14.2. The van der Waals surface area contributed by atoms with Crippen LogP contribution in [0.3, 0.4) is 0 Å². The van der Waals surface area contributed by atoms with Gasteiger partial charge in [-0.05, 0) is 63.3 Å². The van der Waals surface area contributed by atoms with Crippen molar-refractivity contribution in [3.63, 3.8) is 0 Å². The van der Waals surface area contributed by atoms with Gasteiger partial charge in [-0.25, -0.2) is 14.0 Å². The van der Waals surface area contributed by atoms with Crippen molar-refractivity contribution in [1.82, 2.24) is 0 Å². The van der Waals surface area contributed by atoms with E-state index in [0.717, 1.165) is 0 Å². The molecule has 0 saturated carbocycles. The van der Waals surface area contributed by atoms with Crippen LogP contribution in [0.2, 0.25) is 0 Å². The lowest BCUT2D eigenvalue weighted by atomic mass is 9.91. The third-order valence-electron chi connectivity index (χ3n) is 5.21. The maximum Gasteiger partial charge on any atom is 0.347 e. The molecule has 0 radical (unpaired) electrons. The fraction of sp³-hybridized carbons (Fsp3) is 0.333. The topological polar surface area (TPSA) is 104 Å². The second-order valence-corrected chi connectivity index (χ2v) is 6.74. The van der Waals surface area contributed by atoms with Crippen molar-refractivity contribution in [2.45, 2.75) is 48.0 Å². The Bertz CT molecular complexity index is 978. The number of benzene rings is 2. The van der Waals surface area contributed by atoms with Gasteiger partial charge in [0, 0.05) is 11.1 Å². The Kier molecular flexibility index (Phi) is 5.68. The molecule has 2 aromatic rings. The number of hydrogen-bond acceptors (Lipinski definition) is 5. The molecule has 7 heteroatoms. The zero-order chi connectivity index (χ0) is 21.5. The van der Waals surface area contributed by atoms with Crippen LogP contribution < -0.4 is 4.74 Å². The maximum absolute atomic E-state index is 14.2. The highest BCUT2D eigenvalue weighted by molar-refractivity contribution is 5.97. The Balaban J connectivity index is 2.68. The van der Waals surface area contributed by atoms with Gasteiger partial charge in [0.1, 0.15) is 17.1 Å². The first-order chi connectivity index (χ1) is 12.9. The number of phenols is 2. The van der Waals surface area contributed by atoms with Crippen LogP contribution in [0.15, 0.2) is 0 Å². The molecule has 0 saturated heterocycles. The molecule has 28 heavy (non-hydrogen) atoms. The van der Waals surface area contributed by atoms with E-state index in [0.29, 0.717) is 28.7 Å². The molecular formula is C21H23FO6. The van der Waals surface area contributed by atoms with Crippen LogP contribution in [0, 0.1) is 40.4 Å². The van der Waals surface area contributed by atoms with Gasteiger partial charge in [0.05, 0.1) is 5.56 Å². The Morgan fingerprint density at radius 1 is 0.857 bits per heavy atom. The van der Waals surface area contributed by atoms with Crippen molar-refractivity contribution in [3.05, 3.63) is 50.3 Å². The fourth-order valence-corrected chi connectivity index (χ4v) is 3.39. The van der Waals surface area contributed by atoms with Gasteiger partial charge in [-0.2, -0.15) is 0 Å². The van der Waals surface area contributed by atoms with E-state index < -0.39 is 29.3 Å². The van der Waals surface area contributed by atoms with Crippen molar-refractivity contribution in [1.29, 1.82) is 0 Å². The molecule has 0 aliphatic heterocycles. The molecule has 0 aliphatic carbocycles. The average molecular weight is 390 g/mol. The lowest BCUT2D eigenvalue weighted by Gasteiger charge is -2.20. The van der Waals surface area contributed by atoms with Crippen molar-refractivity contribution in [2.24, 2.45) is 0 Å². The number of aromatic carboxylic acids is 1. The van der Waals surface area contributed by atoms with E-state index in [1.807, 2.05) is 0 Å². The first-order valence-electron chi connectivity index (χ1n) is 8.74. The summed E-state index contributed by atoms with van der Waals surface area (Å²) in [6.07, 6.45) is 0.407. The van der Waals surface area contributed by atoms with E-state index in [2.05, 4.69) is 0 Å². The number of phenolic OH excluding ortho intramolecular Hbond substituents is 2. The number of ether oxygens (including phenoxy) is 1. The Hall–Kier alpha value is -3.09. The van der Waals surface area contributed by atoms with Gasteiger partial charge in [-0.1, -0.05) is 6.92 Å². The zero-order valence-electron chi connectivity index (χ0n) is 16.7. The van der Waals surface area contributed by atoms with Crippen molar-refractivity contribution in [3.8, 4) is 17.2 Å². The predicted octanol–water partition coefficient (Wildman–Crippen LogP) is 4.26. The molecule has 0 aliphatic rings. The van der Waals surface area contributed by atoms with E-state index in [1.165, 1.54) is 13.8 Å². The number of carboxylic acids is 1. The van der Waals surface area contributed by atoms with Crippen LogP contribution in [0.4, 0.5) is 4.39 Å². The van der Waals surface area contributed by atoms with Crippen LogP contribution in [0.25, 0.3) is 0 Å². The summed E-state index contributed by atoms with van der Waals surface area (Å²) in [5.74, 6) is -4.17. The van der Waals surface area contributed by atoms with Crippen LogP contribution in [0.5, 0.6) is 17.2 Å². The van der Waals surface area contributed by atoms with E-state index in [4.69, 9.17) is 4.74 Å². The summed E-state index contributed by atoms with van der Waals surface area (Å²) >= 11 is 0. The molecule has 0 spiro atoms. The lowest BCUT2D eigenvalue weighted by Crippen LogP contribution is -2.17. The molecule has 0 aromatic heterocycles. The van der Waals surface area contributed by atoms with Crippen molar-refractivity contribution >= 4 is 11.9 Å². The van der Waals surface area contributed by atoms with E-state index in [-0.39, 0.29) is 28.0 Å². The molecule has 3 N–H and O–H groups in total. The van der Waals surface area contributed by atoms with E-state index in [1.54, 1.807) is 27.7 Å². The average Bonchev–Trinajstić information content (AvgIpc) is 2.62. The fourth-order valence-electron chi connectivity index (χ4n) is 3.39. The van der Waals surface area contributed by atoms with Crippen molar-refractivity contribution in [2.75, 3.05) is 0 Å².